The van der Waals surface area contributed by atoms with E-state index in [9.17, 15) is 4.79 Å². The summed E-state index contributed by atoms with van der Waals surface area (Å²) in [6.07, 6.45) is 4.96. The fraction of sp³-hybridized carbons (Fsp3) is 0. The fourth-order valence-corrected chi connectivity index (χ4v) is 2.41. The second-order valence-electron chi connectivity index (χ2n) is 5.59. The molecule has 7 nitrogen and oxygen atoms in total. The minimum atomic E-state index is -0.287. The lowest BCUT2D eigenvalue weighted by Crippen LogP contribution is -2.13. The van der Waals surface area contributed by atoms with Gasteiger partial charge >= 0.3 is 6.01 Å². The van der Waals surface area contributed by atoms with Crippen LogP contribution in [0.15, 0.2) is 85.3 Å². The highest BCUT2D eigenvalue weighted by Crippen LogP contribution is 2.20. The van der Waals surface area contributed by atoms with Gasteiger partial charge in [-0.2, -0.15) is 5.10 Å². The monoisotopic (exact) mass is 357 g/mol. The minimum Gasteiger partial charge on any atom is -0.424 e. The largest absolute Gasteiger partial charge is 0.424 e. The summed E-state index contributed by atoms with van der Waals surface area (Å²) in [5, 5.41) is 7.13. The Morgan fingerprint density at radius 1 is 0.889 bits per heavy atom. The summed E-state index contributed by atoms with van der Waals surface area (Å²) in [5.41, 5.74) is 1.86. The minimum absolute atomic E-state index is 0.265. The fourth-order valence-electron chi connectivity index (χ4n) is 2.41. The standard InChI is InChI=1S/C20H15N5O2/c26-19(18-11-14-25(24-18)16-5-2-1-3-6-16)23-15-7-9-17(10-8-15)27-20-21-12-4-13-22-20/h1-14H,(H,23,26). The van der Waals surface area contributed by atoms with Crippen molar-refractivity contribution in [2.45, 2.75) is 0 Å². The predicted octanol–water partition coefficient (Wildman–Crippen LogP) is 3.71. The lowest BCUT2D eigenvalue weighted by molar-refractivity contribution is 0.102. The van der Waals surface area contributed by atoms with Crippen LogP contribution in [0.4, 0.5) is 5.69 Å². The van der Waals surface area contributed by atoms with Gasteiger partial charge in [0.15, 0.2) is 5.69 Å². The van der Waals surface area contributed by atoms with Crippen LogP contribution in [0, 0.1) is 0 Å². The molecule has 0 spiro atoms. The molecular formula is C20H15N5O2. The third kappa shape index (κ3) is 3.98. The first-order valence-electron chi connectivity index (χ1n) is 8.25. The Kier molecular flexibility index (Phi) is 4.57. The van der Waals surface area contributed by atoms with Gasteiger partial charge in [-0.1, -0.05) is 18.2 Å². The van der Waals surface area contributed by atoms with Crippen molar-refractivity contribution >= 4 is 11.6 Å². The van der Waals surface area contributed by atoms with Crippen LogP contribution in [0.1, 0.15) is 10.5 Å². The molecule has 2 aromatic heterocycles. The Labute approximate surface area is 155 Å². The number of para-hydroxylation sites is 1. The lowest BCUT2D eigenvalue weighted by atomic mass is 10.3. The number of nitrogens with one attached hydrogen (secondary N) is 1. The molecule has 0 atom stereocenters. The summed E-state index contributed by atoms with van der Waals surface area (Å²) in [6.45, 7) is 0. The van der Waals surface area contributed by atoms with E-state index in [1.54, 1.807) is 59.7 Å². The van der Waals surface area contributed by atoms with Gasteiger partial charge in [0.1, 0.15) is 5.75 Å². The molecule has 0 unspecified atom stereocenters. The number of amides is 1. The van der Waals surface area contributed by atoms with Gasteiger partial charge in [-0.25, -0.2) is 14.6 Å². The number of nitrogens with zero attached hydrogens (tertiary/aromatic N) is 4. The summed E-state index contributed by atoms with van der Waals surface area (Å²) in [6, 6.07) is 20.2. The molecule has 0 saturated heterocycles. The zero-order chi connectivity index (χ0) is 18.5. The molecule has 4 rings (SSSR count). The van der Waals surface area contributed by atoms with E-state index in [0.717, 1.165) is 5.69 Å². The smallest absolute Gasteiger partial charge is 0.321 e. The van der Waals surface area contributed by atoms with Gasteiger partial charge < -0.3 is 10.1 Å². The molecule has 0 fully saturated rings. The number of carbonyl (C=O) groups is 1. The molecule has 1 N–H and O–H groups in total. The number of benzene rings is 2. The van der Waals surface area contributed by atoms with E-state index in [-0.39, 0.29) is 11.9 Å². The summed E-state index contributed by atoms with van der Waals surface area (Å²) >= 11 is 0. The Bertz CT molecular complexity index is 1030. The highest BCUT2D eigenvalue weighted by Gasteiger charge is 2.11. The highest BCUT2D eigenvalue weighted by atomic mass is 16.5. The van der Waals surface area contributed by atoms with Gasteiger partial charge in [0.2, 0.25) is 0 Å². The maximum absolute atomic E-state index is 12.4. The van der Waals surface area contributed by atoms with Crippen LogP contribution in [-0.4, -0.2) is 25.7 Å². The van der Waals surface area contributed by atoms with Crippen LogP contribution in [0.3, 0.4) is 0 Å². The van der Waals surface area contributed by atoms with Crippen molar-refractivity contribution in [3.05, 3.63) is 91.0 Å². The molecule has 2 heterocycles. The van der Waals surface area contributed by atoms with E-state index >= 15 is 0 Å². The number of ether oxygens (including phenoxy) is 1. The Balaban J connectivity index is 1.42. The van der Waals surface area contributed by atoms with Crippen LogP contribution in [0.5, 0.6) is 11.8 Å². The molecule has 0 radical (unpaired) electrons. The first-order chi connectivity index (χ1) is 13.3. The molecule has 1 amide bonds. The number of carbonyl (C=O) groups excluding carboxylic acids is 1. The summed E-state index contributed by atoms with van der Waals surface area (Å²) in [4.78, 5) is 20.4. The maximum Gasteiger partial charge on any atom is 0.321 e. The molecule has 27 heavy (non-hydrogen) atoms. The van der Waals surface area contributed by atoms with Gasteiger partial charge in [0.05, 0.1) is 5.69 Å². The van der Waals surface area contributed by atoms with Crippen LogP contribution >= 0.6 is 0 Å². The molecule has 4 aromatic rings. The first-order valence-corrected chi connectivity index (χ1v) is 8.25. The van der Waals surface area contributed by atoms with Gasteiger partial charge in [0.25, 0.3) is 5.91 Å². The van der Waals surface area contributed by atoms with Crippen LogP contribution in [-0.2, 0) is 0 Å². The third-order valence-electron chi connectivity index (χ3n) is 3.71. The Morgan fingerprint density at radius 2 is 1.63 bits per heavy atom. The molecule has 0 saturated carbocycles. The van der Waals surface area contributed by atoms with Crippen LogP contribution < -0.4 is 10.1 Å². The third-order valence-corrected chi connectivity index (χ3v) is 3.71. The molecule has 2 aromatic carbocycles. The zero-order valence-corrected chi connectivity index (χ0v) is 14.2. The zero-order valence-electron chi connectivity index (χ0n) is 14.2. The van der Waals surface area contributed by atoms with E-state index < -0.39 is 0 Å². The second-order valence-corrected chi connectivity index (χ2v) is 5.59. The molecule has 0 aliphatic rings. The highest BCUT2D eigenvalue weighted by molar-refractivity contribution is 6.02. The molecular weight excluding hydrogens is 342 g/mol. The van der Waals surface area contributed by atoms with Gasteiger partial charge in [-0.3, -0.25) is 4.79 Å². The van der Waals surface area contributed by atoms with Crippen molar-refractivity contribution in [1.29, 1.82) is 0 Å². The molecule has 7 heteroatoms. The number of anilines is 1. The van der Waals surface area contributed by atoms with E-state index in [2.05, 4.69) is 20.4 Å². The number of rotatable bonds is 5. The topological polar surface area (TPSA) is 81.9 Å². The van der Waals surface area contributed by atoms with Crippen LogP contribution in [0.2, 0.25) is 0 Å². The molecule has 132 valence electrons. The van der Waals surface area contributed by atoms with E-state index in [1.165, 1.54) is 0 Å². The van der Waals surface area contributed by atoms with E-state index in [4.69, 9.17) is 4.74 Å². The lowest BCUT2D eigenvalue weighted by Gasteiger charge is -2.06. The predicted molar refractivity (Wildman–Crippen MR) is 100 cm³/mol. The summed E-state index contributed by atoms with van der Waals surface area (Å²) < 4.78 is 7.18. The quantitative estimate of drug-likeness (QED) is 0.589. The van der Waals surface area contributed by atoms with E-state index in [1.807, 2.05) is 30.3 Å². The van der Waals surface area contributed by atoms with E-state index in [0.29, 0.717) is 17.1 Å². The van der Waals surface area contributed by atoms with Gasteiger partial charge in [0, 0.05) is 24.3 Å². The van der Waals surface area contributed by atoms with Crippen molar-refractivity contribution in [2.24, 2.45) is 0 Å². The van der Waals surface area contributed by atoms with Crippen molar-refractivity contribution in [3.63, 3.8) is 0 Å². The van der Waals surface area contributed by atoms with Crippen molar-refractivity contribution in [1.82, 2.24) is 19.7 Å². The average molecular weight is 357 g/mol. The number of aromatic nitrogens is 4. The number of hydrogen-bond acceptors (Lipinski definition) is 5. The normalized spacial score (nSPS) is 10.4. The van der Waals surface area contributed by atoms with Gasteiger partial charge in [-0.05, 0) is 48.5 Å². The maximum atomic E-state index is 12.4. The molecule has 0 bridgehead atoms. The summed E-state index contributed by atoms with van der Waals surface area (Å²) in [7, 11) is 0. The Hall–Kier alpha value is -4.00. The summed E-state index contributed by atoms with van der Waals surface area (Å²) in [5.74, 6) is 0.289. The van der Waals surface area contributed by atoms with Crippen molar-refractivity contribution in [3.8, 4) is 17.4 Å². The molecule has 0 aliphatic carbocycles. The number of hydrogen-bond donors (Lipinski definition) is 1. The average Bonchev–Trinajstić information content (AvgIpc) is 3.21. The van der Waals surface area contributed by atoms with Crippen molar-refractivity contribution < 1.29 is 9.53 Å². The SMILES string of the molecule is O=C(Nc1ccc(Oc2ncccn2)cc1)c1ccn(-c2ccccc2)n1. The first kappa shape index (κ1) is 16.5. The van der Waals surface area contributed by atoms with Gasteiger partial charge in [-0.15, -0.1) is 0 Å². The molecule has 0 aliphatic heterocycles. The van der Waals surface area contributed by atoms with Crippen LogP contribution in [0.25, 0.3) is 5.69 Å². The second kappa shape index (κ2) is 7.49. The Morgan fingerprint density at radius 3 is 2.37 bits per heavy atom. The van der Waals surface area contributed by atoms with Crippen molar-refractivity contribution in [2.75, 3.05) is 5.32 Å².